The van der Waals surface area contributed by atoms with Gasteiger partial charge in [-0.15, -0.1) is 0 Å². The Labute approximate surface area is 88.1 Å². The summed E-state index contributed by atoms with van der Waals surface area (Å²) >= 11 is 0. The molecule has 0 aromatic heterocycles. The SMILES string of the molecule is O=C(O)CCC1CCCN(CC(F)F)C1. The highest BCUT2D eigenvalue weighted by Gasteiger charge is 2.22. The second-order valence-corrected chi connectivity index (χ2v) is 4.09. The van der Waals surface area contributed by atoms with Gasteiger partial charge < -0.3 is 5.11 Å². The van der Waals surface area contributed by atoms with E-state index in [-0.39, 0.29) is 18.9 Å². The maximum atomic E-state index is 12.1. The Morgan fingerprint density at radius 3 is 2.87 bits per heavy atom. The Morgan fingerprint density at radius 1 is 1.53 bits per heavy atom. The van der Waals surface area contributed by atoms with Crippen molar-refractivity contribution in [3.05, 3.63) is 0 Å². The Bertz CT molecular complexity index is 212. The van der Waals surface area contributed by atoms with Gasteiger partial charge in [-0.1, -0.05) is 0 Å². The van der Waals surface area contributed by atoms with Crippen LogP contribution in [0, 0.1) is 5.92 Å². The molecule has 15 heavy (non-hydrogen) atoms. The van der Waals surface area contributed by atoms with Crippen LogP contribution in [-0.4, -0.2) is 42.0 Å². The van der Waals surface area contributed by atoms with E-state index in [4.69, 9.17) is 5.11 Å². The molecule has 1 saturated heterocycles. The lowest BCUT2D eigenvalue weighted by molar-refractivity contribution is -0.137. The van der Waals surface area contributed by atoms with Crippen molar-refractivity contribution in [2.75, 3.05) is 19.6 Å². The standard InChI is InChI=1S/C10H17F2NO2/c11-9(12)7-13-5-1-2-8(6-13)3-4-10(14)15/h8-9H,1-7H2,(H,14,15). The molecular formula is C10H17F2NO2. The number of piperidine rings is 1. The van der Waals surface area contributed by atoms with E-state index in [0.29, 0.717) is 19.5 Å². The average molecular weight is 221 g/mol. The van der Waals surface area contributed by atoms with Crippen molar-refractivity contribution in [2.45, 2.75) is 32.1 Å². The van der Waals surface area contributed by atoms with E-state index >= 15 is 0 Å². The molecule has 5 heteroatoms. The van der Waals surface area contributed by atoms with Crippen LogP contribution in [0.1, 0.15) is 25.7 Å². The number of aliphatic carboxylic acids is 1. The lowest BCUT2D eigenvalue weighted by atomic mass is 9.93. The van der Waals surface area contributed by atoms with Gasteiger partial charge in [-0.05, 0) is 31.7 Å². The number of carboxylic acids is 1. The third-order valence-electron chi connectivity index (χ3n) is 2.77. The van der Waals surface area contributed by atoms with Crippen molar-refractivity contribution in [1.29, 1.82) is 0 Å². The van der Waals surface area contributed by atoms with Crippen molar-refractivity contribution in [3.63, 3.8) is 0 Å². The molecule has 0 amide bonds. The summed E-state index contributed by atoms with van der Waals surface area (Å²) in [5.41, 5.74) is 0. The molecule has 1 fully saturated rings. The molecule has 1 unspecified atom stereocenters. The topological polar surface area (TPSA) is 40.5 Å². The molecule has 1 atom stereocenters. The third-order valence-corrected chi connectivity index (χ3v) is 2.77. The highest BCUT2D eigenvalue weighted by molar-refractivity contribution is 5.66. The minimum atomic E-state index is -2.29. The van der Waals surface area contributed by atoms with Gasteiger partial charge in [-0.25, -0.2) is 8.78 Å². The minimum absolute atomic E-state index is 0.146. The molecule has 0 saturated carbocycles. The molecule has 0 spiro atoms. The second kappa shape index (κ2) is 6.00. The van der Waals surface area contributed by atoms with Crippen LogP contribution in [0.15, 0.2) is 0 Å². The van der Waals surface area contributed by atoms with Gasteiger partial charge in [0.05, 0.1) is 6.54 Å². The quantitative estimate of drug-likeness (QED) is 0.770. The van der Waals surface area contributed by atoms with E-state index in [1.54, 1.807) is 4.90 Å². The molecule has 1 aliphatic rings. The van der Waals surface area contributed by atoms with Crippen LogP contribution in [0.4, 0.5) is 8.78 Å². The molecule has 0 aliphatic carbocycles. The maximum Gasteiger partial charge on any atom is 0.303 e. The van der Waals surface area contributed by atoms with Crippen molar-refractivity contribution < 1.29 is 18.7 Å². The number of alkyl halides is 2. The number of carboxylic acid groups (broad SMARTS) is 1. The zero-order valence-corrected chi connectivity index (χ0v) is 8.66. The molecule has 0 radical (unpaired) electrons. The van der Waals surface area contributed by atoms with Crippen LogP contribution in [0.3, 0.4) is 0 Å². The molecule has 0 aromatic carbocycles. The van der Waals surface area contributed by atoms with Gasteiger partial charge in [0.2, 0.25) is 0 Å². The summed E-state index contributed by atoms with van der Waals surface area (Å²) in [6.07, 6.45) is 0.329. The first kappa shape index (κ1) is 12.4. The van der Waals surface area contributed by atoms with Crippen LogP contribution >= 0.6 is 0 Å². The van der Waals surface area contributed by atoms with Crippen LogP contribution in [-0.2, 0) is 4.79 Å². The average Bonchev–Trinajstić information content (AvgIpc) is 2.14. The normalized spacial score (nSPS) is 23.3. The van der Waals surface area contributed by atoms with E-state index in [0.717, 1.165) is 12.8 Å². The lowest BCUT2D eigenvalue weighted by Gasteiger charge is -2.32. The summed E-state index contributed by atoms with van der Waals surface area (Å²) in [6, 6.07) is 0. The van der Waals surface area contributed by atoms with Crippen molar-refractivity contribution >= 4 is 5.97 Å². The van der Waals surface area contributed by atoms with E-state index in [1.165, 1.54) is 0 Å². The number of rotatable bonds is 5. The van der Waals surface area contributed by atoms with Crippen molar-refractivity contribution in [3.8, 4) is 0 Å². The number of hydrogen-bond donors (Lipinski definition) is 1. The minimum Gasteiger partial charge on any atom is -0.481 e. The van der Waals surface area contributed by atoms with Crippen molar-refractivity contribution in [1.82, 2.24) is 4.90 Å². The molecule has 1 N–H and O–H groups in total. The summed E-state index contributed by atoms with van der Waals surface area (Å²) in [4.78, 5) is 12.1. The van der Waals surface area contributed by atoms with Gasteiger partial charge in [-0.2, -0.15) is 0 Å². The van der Waals surface area contributed by atoms with Crippen LogP contribution in [0.2, 0.25) is 0 Å². The number of nitrogens with zero attached hydrogens (tertiary/aromatic N) is 1. The number of hydrogen-bond acceptors (Lipinski definition) is 2. The smallest absolute Gasteiger partial charge is 0.303 e. The Balaban J connectivity index is 2.25. The lowest BCUT2D eigenvalue weighted by Crippen LogP contribution is -2.38. The largest absolute Gasteiger partial charge is 0.481 e. The summed E-state index contributed by atoms with van der Waals surface area (Å²) < 4.78 is 24.2. The first-order valence-electron chi connectivity index (χ1n) is 5.30. The molecule has 1 rings (SSSR count). The molecular weight excluding hydrogens is 204 g/mol. The second-order valence-electron chi connectivity index (χ2n) is 4.09. The molecule has 0 aromatic rings. The van der Waals surface area contributed by atoms with Gasteiger partial charge in [0.15, 0.2) is 0 Å². The van der Waals surface area contributed by atoms with Gasteiger partial charge in [0, 0.05) is 13.0 Å². The molecule has 1 aliphatic heterocycles. The molecule has 0 bridgehead atoms. The third kappa shape index (κ3) is 5.06. The number of halogens is 2. The van der Waals surface area contributed by atoms with Crippen molar-refractivity contribution in [2.24, 2.45) is 5.92 Å². The fourth-order valence-corrected chi connectivity index (χ4v) is 2.08. The molecule has 88 valence electrons. The number of carbonyl (C=O) groups is 1. The van der Waals surface area contributed by atoms with Gasteiger partial charge in [0.25, 0.3) is 6.43 Å². The van der Waals surface area contributed by atoms with E-state index in [9.17, 15) is 13.6 Å². The maximum absolute atomic E-state index is 12.1. The zero-order chi connectivity index (χ0) is 11.3. The van der Waals surface area contributed by atoms with Gasteiger partial charge in [-0.3, -0.25) is 9.69 Å². The van der Waals surface area contributed by atoms with E-state index < -0.39 is 12.4 Å². The Kier molecular flexibility index (Phi) is 4.94. The Morgan fingerprint density at radius 2 is 2.27 bits per heavy atom. The predicted molar refractivity (Wildman–Crippen MR) is 52.0 cm³/mol. The molecule has 3 nitrogen and oxygen atoms in total. The van der Waals surface area contributed by atoms with Crippen LogP contribution in [0.5, 0.6) is 0 Å². The number of likely N-dealkylation sites (tertiary alicyclic amines) is 1. The van der Waals surface area contributed by atoms with Crippen LogP contribution in [0.25, 0.3) is 0 Å². The molecule has 1 heterocycles. The predicted octanol–water partition coefficient (Wildman–Crippen LogP) is 1.83. The van der Waals surface area contributed by atoms with Crippen LogP contribution < -0.4 is 0 Å². The first-order chi connectivity index (χ1) is 7.08. The highest BCUT2D eigenvalue weighted by atomic mass is 19.3. The fourth-order valence-electron chi connectivity index (χ4n) is 2.08. The summed E-state index contributed by atoms with van der Waals surface area (Å²) in [6.45, 7) is 1.16. The van der Waals surface area contributed by atoms with E-state index in [1.807, 2.05) is 0 Å². The van der Waals surface area contributed by atoms with E-state index in [2.05, 4.69) is 0 Å². The monoisotopic (exact) mass is 221 g/mol. The first-order valence-corrected chi connectivity index (χ1v) is 5.30. The Hall–Kier alpha value is -0.710. The zero-order valence-electron chi connectivity index (χ0n) is 8.66. The fraction of sp³-hybridized carbons (Fsp3) is 0.900. The summed E-state index contributed by atoms with van der Waals surface area (Å²) in [5.74, 6) is -0.533. The summed E-state index contributed by atoms with van der Waals surface area (Å²) in [7, 11) is 0. The highest BCUT2D eigenvalue weighted by Crippen LogP contribution is 2.21. The van der Waals surface area contributed by atoms with Gasteiger partial charge >= 0.3 is 5.97 Å². The van der Waals surface area contributed by atoms with Gasteiger partial charge in [0.1, 0.15) is 0 Å². The summed E-state index contributed by atoms with van der Waals surface area (Å²) in [5, 5.41) is 8.52.